The monoisotopic (exact) mass is 401 g/mol. The van der Waals surface area contributed by atoms with Crippen molar-refractivity contribution in [2.24, 2.45) is 0 Å². The molecule has 0 amide bonds. The van der Waals surface area contributed by atoms with E-state index in [1.54, 1.807) is 0 Å². The predicted octanol–water partition coefficient (Wildman–Crippen LogP) is 3.18. The Morgan fingerprint density at radius 2 is 1.75 bits per heavy atom. The molecule has 2 aromatic rings. The van der Waals surface area contributed by atoms with Gasteiger partial charge in [0.25, 0.3) is 12.7 Å². The SMILES string of the molecule is C=C(CO[C@@H]1[CH+]OC(CO)C(OCc2ccccc2)[C@@H]1O)Sc1ccccc1. The molecule has 0 spiro atoms. The molecule has 0 aliphatic carbocycles. The average Bonchev–Trinajstić information content (AvgIpc) is 2.73. The first kappa shape index (κ1) is 20.9. The van der Waals surface area contributed by atoms with Crippen LogP contribution in [0.5, 0.6) is 0 Å². The van der Waals surface area contributed by atoms with Gasteiger partial charge in [-0.1, -0.05) is 66.9 Å². The standard InChI is InChI=1S/C22H25O5S/c1-16(28-18-10-6-3-7-11-18)13-25-20-15-26-19(12-23)22(21(20)24)27-14-17-8-4-2-5-9-17/h2-11,15,19-24H,1,12-14H2/q+1/t19?,20-,21-,22?/m1/s1. The zero-order valence-corrected chi connectivity index (χ0v) is 16.3. The summed E-state index contributed by atoms with van der Waals surface area (Å²) in [4.78, 5) is 1.89. The Labute approximate surface area is 169 Å². The number of aliphatic hydroxyl groups is 2. The minimum Gasteiger partial charge on any atom is -0.393 e. The number of hydrogen-bond donors (Lipinski definition) is 2. The molecule has 1 aliphatic heterocycles. The van der Waals surface area contributed by atoms with Gasteiger partial charge < -0.3 is 19.7 Å². The Bertz CT molecular complexity index is 724. The molecule has 2 N–H and O–H groups in total. The molecule has 4 atom stereocenters. The Morgan fingerprint density at radius 1 is 1.07 bits per heavy atom. The van der Waals surface area contributed by atoms with E-state index in [1.807, 2.05) is 60.7 Å². The molecule has 1 heterocycles. The number of hydrogen-bond acceptors (Lipinski definition) is 6. The van der Waals surface area contributed by atoms with Crippen LogP contribution in [-0.4, -0.2) is 47.8 Å². The van der Waals surface area contributed by atoms with Crippen LogP contribution in [0.4, 0.5) is 0 Å². The van der Waals surface area contributed by atoms with Gasteiger partial charge in [0.05, 0.1) is 19.8 Å². The number of thioether (sulfide) groups is 1. The number of benzene rings is 2. The van der Waals surface area contributed by atoms with E-state index in [9.17, 15) is 10.2 Å². The molecular formula is C22H25O5S+. The van der Waals surface area contributed by atoms with Gasteiger partial charge in [-0.25, -0.2) is 0 Å². The van der Waals surface area contributed by atoms with Crippen molar-refractivity contribution in [2.75, 3.05) is 13.2 Å². The van der Waals surface area contributed by atoms with Gasteiger partial charge in [-0.3, -0.25) is 0 Å². The van der Waals surface area contributed by atoms with Crippen molar-refractivity contribution in [1.82, 2.24) is 0 Å². The highest BCUT2D eigenvalue weighted by molar-refractivity contribution is 8.03. The van der Waals surface area contributed by atoms with Gasteiger partial charge in [-0.2, -0.15) is 4.74 Å². The quantitative estimate of drug-likeness (QED) is 0.497. The van der Waals surface area contributed by atoms with Crippen LogP contribution >= 0.6 is 11.8 Å². The third-order valence-electron chi connectivity index (χ3n) is 4.33. The summed E-state index contributed by atoms with van der Waals surface area (Å²) in [6.07, 6.45) is -2.96. The summed E-state index contributed by atoms with van der Waals surface area (Å²) in [5.74, 6) is 0. The Kier molecular flexibility index (Phi) is 7.97. The minimum atomic E-state index is -0.955. The van der Waals surface area contributed by atoms with Gasteiger partial charge in [-0.05, 0) is 17.7 Å². The molecule has 3 rings (SSSR count). The molecule has 0 aromatic heterocycles. The van der Waals surface area contributed by atoms with E-state index in [4.69, 9.17) is 14.2 Å². The van der Waals surface area contributed by atoms with Gasteiger partial charge >= 0.3 is 0 Å². The van der Waals surface area contributed by atoms with E-state index in [-0.39, 0.29) is 13.2 Å². The molecule has 1 fully saturated rings. The molecule has 1 saturated heterocycles. The third-order valence-corrected chi connectivity index (χ3v) is 5.25. The molecule has 28 heavy (non-hydrogen) atoms. The van der Waals surface area contributed by atoms with E-state index < -0.39 is 24.4 Å². The summed E-state index contributed by atoms with van der Waals surface area (Å²) in [5.41, 5.74) is 0.978. The molecule has 0 radical (unpaired) electrons. The van der Waals surface area contributed by atoms with Crippen LogP contribution in [-0.2, 0) is 20.8 Å². The highest BCUT2D eigenvalue weighted by Gasteiger charge is 2.47. The van der Waals surface area contributed by atoms with Crippen molar-refractivity contribution in [3.05, 3.63) is 84.3 Å². The van der Waals surface area contributed by atoms with Crippen molar-refractivity contribution in [3.8, 4) is 0 Å². The fourth-order valence-corrected chi connectivity index (χ4v) is 3.63. The number of rotatable bonds is 9. The van der Waals surface area contributed by atoms with Crippen LogP contribution in [0, 0.1) is 6.61 Å². The second-order valence-electron chi connectivity index (χ2n) is 6.47. The first-order valence-corrected chi connectivity index (χ1v) is 9.94. The number of aliphatic hydroxyl groups excluding tert-OH is 2. The topological polar surface area (TPSA) is 68.2 Å². The highest BCUT2D eigenvalue weighted by atomic mass is 32.2. The summed E-state index contributed by atoms with van der Waals surface area (Å²) < 4.78 is 17.2. The summed E-state index contributed by atoms with van der Waals surface area (Å²) in [7, 11) is 0. The molecule has 1 aliphatic rings. The van der Waals surface area contributed by atoms with Gasteiger partial charge in [0.2, 0.25) is 0 Å². The Hall–Kier alpha value is -1.80. The van der Waals surface area contributed by atoms with E-state index in [1.165, 1.54) is 18.4 Å². The Balaban J connectivity index is 1.52. The van der Waals surface area contributed by atoms with E-state index >= 15 is 0 Å². The van der Waals surface area contributed by atoms with Gasteiger partial charge in [0.1, 0.15) is 6.10 Å². The van der Waals surface area contributed by atoms with Gasteiger partial charge in [0.15, 0.2) is 12.2 Å². The van der Waals surface area contributed by atoms with Crippen molar-refractivity contribution < 1.29 is 24.4 Å². The summed E-state index contributed by atoms with van der Waals surface area (Å²) in [6, 6.07) is 19.5. The van der Waals surface area contributed by atoms with Crippen molar-refractivity contribution in [2.45, 2.75) is 35.9 Å². The number of ether oxygens (including phenoxy) is 3. The Morgan fingerprint density at radius 3 is 2.43 bits per heavy atom. The molecule has 148 valence electrons. The second-order valence-corrected chi connectivity index (χ2v) is 7.73. The second kappa shape index (κ2) is 10.7. The fraction of sp³-hybridized carbons (Fsp3) is 0.318. The lowest BCUT2D eigenvalue weighted by atomic mass is 10.00. The van der Waals surface area contributed by atoms with Crippen molar-refractivity contribution >= 4 is 11.8 Å². The lowest BCUT2D eigenvalue weighted by Gasteiger charge is -2.33. The molecule has 0 bridgehead atoms. The molecule has 2 unspecified atom stereocenters. The van der Waals surface area contributed by atoms with Gasteiger partial charge in [0, 0.05) is 9.80 Å². The molecule has 2 aromatic carbocycles. The highest BCUT2D eigenvalue weighted by Crippen LogP contribution is 2.28. The molecule has 5 nitrogen and oxygen atoms in total. The maximum Gasteiger partial charge on any atom is 0.261 e. The van der Waals surface area contributed by atoms with Crippen LogP contribution in [0.3, 0.4) is 0 Å². The maximum absolute atomic E-state index is 10.7. The predicted molar refractivity (Wildman–Crippen MR) is 108 cm³/mol. The zero-order chi connectivity index (χ0) is 19.8. The lowest BCUT2D eigenvalue weighted by Crippen LogP contribution is -2.54. The van der Waals surface area contributed by atoms with Crippen LogP contribution in [0.25, 0.3) is 0 Å². The van der Waals surface area contributed by atoms with E-state index in [0.29, 0.717) is 6.61 Å². The van der Waals surface area contributed by atoms with Crippen LogP contribution in [0.1, 0.15) is 5.56 Å². The van der Waals surface area contributed by atoms with E-state index in [2.05, 4.69) is 6.58 Å². The largest absolute Gasteiger partial charge is 0.393 e. The van der Waals surface area contributed by atoms with Crippen molar-refractivity contribution in [3.63, 3.8) is 0 Å². The lowest BCUT2D eigenvalue weighted by molar-refractivity contribution is -0.202. The maximum atomic E-state index is 10.7. The normalized spacial score (nSPS) is 24.5. The van der Waals surface area contributed by atoms with Gasteiger partial charge in [-0.15, -0.1) is 0 Å². The first-order chi connectivity index (χ1) is 13.7. The van der Waals surface area contributed by atoms with E-state index in [0.717, 1.165) is 15.4 Å². The molecule has 0 saturated carbocycles. The summed E-state index contributed by atoms with van der Waals surface area (Å²) in [5, 5.41) is 20.3. The summed E-state index contributed by atoms with van der Waals surface area (Å²) >= 11 is 1.52. The van der Waals surface area contributed by atoms with Crippen LogP contribution in [0.2, 0.25) is 0 Å². The fourth-order valence-electron chi connectivity index (χ4n) is 2.87. The average molecular weight is 402 g/mol. The third kappa shape index (κ3) is 5.85. The first-order valence-electron chi connectivity index (χ1n) is 9.13. The minimum absolute atomic E-state index is 0.254. The molecule has 6 heteroatoms. The summed E-state index contributed by atoms with van der Waals surface area (Å²) in [6.45, 7) is 5.76. The molecular weight excluding hydrogens is 376 g/mol. The van der Waals surface area contributed by atoms with Crippen molar-refractivity contribution in [1.29, 1.82) is 0 Å². The smallest absolute Gasteiger partial charge is 0.261 e. The van der Waals surface area contributed by atoms with Crippen LogP contribution < -0.4 is 0 Å². The van der Waals surface area contributed by atoms with Crippen LogP contribution in [0.15, 0.2) is 77.0 Å². The zero-order valence-electron chi connectivity index (χ0n) is 15.5.